The zero-order valence-corrected chi connectivity index (χ0v) is 9.88. The van der Waals surface area contributed by atoms with Crippen molar-refractivity contribution >= 4 is 7.69 Å². The average molecular weight is 205 g/mol. The second-order valence-electron chi connectivity index (χ2n) is 3.56. The molecule has 0 bridgehead atoms. The van der Waals surface area contributed by atoms with E-state index in [4.69, 9.17) is 0 Å². The molecule has 1 aromatic carbocycles. The largest absolute Gasteiger partial charge is 0.334 e. The Kier molecular flexibility index (Phi) is 2.52. The Labute approximate surface area is 86.5 Å². The molecular weight excluding hydrogens is 189 g/mol. The molecule has 1 unspecified atom stereocenters. The molecule has 0 saturated carbocycles. The van der Waals surface area contributed by atoms with Gasteiger partial charge in [0.2, 0.25) is 0 Å². The molecule has 2 aromatic rings. The van der Waals surface area contributed by atoms with E-state index in [1.54, 1.807) is 5.30 Å². The number of benzene rings is 1. The third-order valence-electron chi connectivity index (χ3n) is 2.82. The van der Waals surface area contributed by atoms with Crippen molar-refractivity contribution in [3.05, 3.63) is 35.6 Å². The molecule has 2 rings (SSSR count). The second-order valence-corrected chi connectivity index (χ2v) is 5.75. The molecule has 0 radical (unpaired) electrons. The van der Waals surface area contributed by atoms with Crippen LogP contribution in [0.3, 0.4) is 0 Å². The van der Waals surface area contributed by atoms with E-state index in [0.29, 0.717) is 0 Å². The van der Waals surface area contributed by atoms with Gasteiger partial charge in [0.05, 0.1) is 5.69 Å². The van der Waals surface area contributed by atoms with E-state index >= 15 is 0 Å². The molecule has 0 fully saturated rings. The highest BCUT2D eigenvalue weighted by molar-refractivity contribution is 7.46. The molecule has 0 aliphatic heterocycles. The molecule has 74 valence electrons. The summed E-state index contributed by atoms with van der Waals surface area (Å²) in [5, 5.41) is 1.65. The lowest BCUT2D eigenvalue weighted by molar-refractivity contribution is 0.965. The zero-order chi connectivity index (χ0) is 10.1. The smallest absolute Gasteiger partial charge is 0.0593 e. The first-order valence-corrected chi connectivity index (χ1v) is 6.75. The number of hydrogen-bond acceptors (Lipinski definition) is 0. The molecular formula is C12H16NP. The molecule has 0 aliphatic carbocycles. The van der Waals surface area contributed by atoms with Crippen LogP contribution in [0.2, 0.25) is 0 Å². The van der Waals surface area contributed by atoms with Crippen LogP contribution in [-0.2, 0) is 20.1 Å². The summed E-state index contributed by atoms with van der Waals surface area (Å²) in [5.41, 5.74) is 2.83. The normalized spacial score (nSPS) is 12.1. The van der Waals surface area contributed by atoms with Crippen molar-refractivity contribution in [3.8, 4) is 11.3 Å². The van der Waals surface area contributed by atoms with Gasteiger partial charge < -0.3 is 4.33 Å². The summed E-state index contributed by atoms with van der Waals surface area (Å²) < 4.78 is 2.42. The third-order valence-corrected chi connectivity index (χ3v) is 5.23. The number of aromatic nitrogens is 1. The summed E-state index contributed by atoms with van der Waals surface area (Å²) in [6.07, 6.45) is 1.19. The fourth-order valence-electron chi connectivity index (χ4n) is 1.97. The zero-order valence-electron chi connectivity index (χ0n) is 8.99. The standard InChI is InChI=1S/C12H16NP/c1-4-11-12(13(2)14(11)3)10-8-6-5-7-9-10/h5-9H,4H2,1-3H3. The van der Waals surface area contributed by atoms with Crippen LogP contribution >= 0.6 is 7.69 Å². The quantitative estimate of drug-likeness (QED) is 0.703. The summed E-state index contributed by atoms with van der Waals surface area (Å²) in [6.45, 7) is 4.59. The Balaban J connectivity index is 2.48. The lowest BCUT2D eigenvalue weighted by Crippen LogP contribution is -2.05. The highest BCUT2D eigenvalue weighted by Crippen LogP contribution is 2.43. The molecule has 1 atom stereocenters. The van der Waals surface area contributed by atoms with Gasteiger partial charge in [0.15, 0.2) is 0 Å². The van der Waals surface area contributed by atoms with E-state index in [2.05, 4.69) is 55.3 Å². The lowest BCUT2D eigenvalue weighted by Gasteiger charge is -2.25. The molecule has 0 spiro atoms. The monoisotopic (exact) mass is 205 g/mol. The number of nitrogens with zero attached hydrogens (tertiary/aromatic N) is 1. The van der Waals surface area contributed by atoms with Crippen molar-refractivity contribution in [1.29, 1.82) is 0 Å². The van der Waals surface area contributed by atoms with Gasteiger partial charge in [-0.3, -0.25) is 0 Å². The Bertz CT molecular complexity index is 423. The van der Waals surface area contributed by atoms with E-state index in [0.717, 1.165) is 0 Å². The molecule has 0 saturated heterocycles. The van der Waals surface area contributed by atoms with E-state index in [-0.39, 0.29) is 7.69 Å². The summed E-state index contributed by atoms with van der Waals surface area (Å²) >= 11 is 0. The predicted octanol–water partition coefficient (Wildman–Crippen LogP) is 3.78. The maximum atomic E-state index is 2.42. The average Bonchev–Trinajstić information content (AvgIpc) is 2.25. The Morgan fingerprint density at radius 3 is 2.43 bits per heavy atom. The van der Waals surface area contributed by atoms with Crippen molar-refractivity contribution in [3.63, 3.8) is 0 Å². The van der Waals surface area contributed by atoms with E-state index < -0.39 is 0 Å². The minimum absolute atomic E-state index is 0.00760. The minimum Gasteiger partial charge on any atom is -0.334 e. The first kappa shape index (κ1) is 9.61. The maximum Gasteiger partial charge on any atom is 0.0593 e. The van der Waals surface area contributed by atoms with Gasteiger partial charge in [0, 0.05) is 12.3 Å². The van der Waals surface area contributed by atoms with E-state index in [1.807, 2.05) is 0 Å². The summed E-state index contributed by atoms with van der Waals surface area (Å²) in [6, 6.07) is 10.7. The van der Waals surface area contributed by atoms with Gasteiger partial charge in [-0.15, -0.1) is 0 Å². The van der Waals surface area contributed by atoms with E-state index in [1.165, 1.54) is 17.7 Å². The summed E-state index contributed by atoms with van der Waals surface area (Å²) in [5.74, 6) is 0. The van der Waals surface area contributed by atoms with Crippen LogP contribution < -0.4 is 0 Å². The van der Waals surface area contributed by atoms with Crippen LogP contribution in [0.4, 0.5) is 0 Å². The molecule has 0 N–H and O–H groups in total. The highest BCUT2D eigenvalue weighted by atomic mass is 31.1. The van der Waals surface area contributed by atoms with Crippen molar-refractivity contribution in [2.75, 3.05) is 0 Å². The van der Waals surface area contributed by atoms with Crippen LogP contribution in [0.5, 0.6) is 0 Å². The van der Waals surface area contributed by atoms with Crippen molar-refractivity contribution in [1.82, 2.24) is 4.33 Å². The molecule has 14 heavy (non-hydrogen) atoms. The Morgan fingerprint density at radius 1 is 1.21 bits per heavy atom. The van der Waals surface area contributed by atoms with Crippen molar-refractivity contribution in [2.45, 2.75) is 13.3 Å². The molecule has 1 nitrogen and oxygen atoms in total. The molecule has 1 heterocycles. The minimum atomic E-state index is 0.00760. The molecule has 0 aliphatic rings. The van der Waals surface area contributed by atoms with Gasteiger partial charge in [0.1, 0.15) is 0 Å². The first-order chi connectivity index (χ1) is 6.75. The third kappa shape index (κ3) is 1.33. The van der Waals surface area contributed by atoms with Crippen LogP contribution in [0.25, 0.3) is 11.3 Å². The topological polar surface area (TPSA) is 4.93 Å². The number of hydrogen-bond donors (Lipinski definition) is 0. The SMILES string of the molecule is CCc1c(-c2ccccc2)n(C)p1C. The van der Waals surface area contributed by atoms with Crippen molar-refractivity contribution < 1.29 is 0 Å². The van der Waals surface area contributed by atoms with Crippen LogP contribution in [0.15, 0.2) is 30.3 Å². The van der Waals surface area contributed by atoms with Crippen molar-refractivity contribution in [2.24, 2.45) is 13.7 Å². The van der Waals surface area contributed by atoms with E-state index in [9.17, 15) is 0 Å². The summed E-state index contributed by atoms with van der Waals surface area (Å²) in [7, 11) is 2.21. The highest BCUT2D eigenvalue weighted by Gasteiger charge is 2.15. The fraction of sp³-hybridized carbons (Fsp3) is 0.333. The van der Waals surface area contributed by atoms with Gasteiger partial charge in [-0.2, -0.15) is 0 Å². The predicted molar refractivity (Wildman–Crippen MR) is 63.9 cm³/mol. The fourth-order valence-corrected chi connectivity index (χ4v) is 3.77. The van der Waals surface area contributed by atoms with Crippen LogP contribution in [0.1, 0.15) is 12.2 Å². The van der Waals surface area contributed by atoms with Gasteiger partial charge in [-0.1, -0.05) is 44.9 Å². The van der Waals surface area contributed by atoms with Crippen LogP contribution in [-0.4, -0.2) is 4.33 Å². The van der Waals surface area contributed by atoms with Gasteiger partial charge in [-0.05, 0) is 18.6 Å². The van der Waals surface area contributed by atoms with Gasteiger partial charge in [0.25, 0.3) is 0 Å². The molecule has 1 aromatic heterocycles. The maximum absolute atomic E-state index is 2.42. The molecule has 0 amide bonds. The van der Waals surface area contributed by atoms with Crippen LogP contribution in [0, 0.1) is 0 Å². The van der Waals surface area contributed by atoms with Gasteiger partial charge in [-0.25, -0.2) is 0 Å². The summed E-state index contributed by atoms with van der Waals surface area (Å²) in [4.78, 5) is 0. The Morgan fingerprint density at radius 2 is 1.86 bits per heavy atom. The lowest BCUT2D eigenvalue weighted by atomic mass is 10.1. The van der Waals surface area contributed by atoms with Gasteiger partial charge >= 0.3 is 0 Å². The number of rotatable bonds is 2. The second kappa shape index (κ2) is 3.67. The first-order valence-electron chi connectivity index (χ1n) is 5.01. The Hall–Kier alpha value is -0.940. The molecule has 2 heteroatoms.